The van der Waals surface area contributed by atoms with Gasteiger partial charge in [-0.05, 0) is 67.5 Å². The molecular formula is C29H36FN3O6S2. The van der Waals surface area contributed by atoms with Crippen molar-refractivity contribution in [3.05, 3.63) is 53.3 Å². The lowest BCUT2D eigenvalue weighted by molar-refractivity contribution is 0.0964. The summed E-state index contributed by atoms with van der Waals surface area (Å²) < 4.78 is 75.1. The van der Waals surface area contributed by atoms with Gasteiger partial charge in [0.15, 0.2) is 0 Å². The highest BCUT2D eigenvalue weighted by molar-refractivity contribution is 7.92. The largest absolute Gasteiger partial charge is 0.455 e. The first kappa shape index (κ1) is 29.5. The van der Waals surface area contributed by atoms with Gasteiger partial charge in [0.25, 0.3) is 5.91 Å². The van der Waals surface area contributed by atoms with E-state index in [2.05, 4.69) is 5.32 Å². The summed E-state index contributed by atoms with van der Waals surface area (Å²) in [7, 11) is -4.25. The van der Waals surface area contributed by atoms with Gasteiger partial charge in [0.2, 0.25) is 20.0 Å². The van der Waals surface area contributed by atoms with Gasteiger partial charge in [0.1, 0.15) is 17.2 Å². The van der Waals surface area contributed by atoms with Crippen LogP contribution in [0, 0.1) is 5.82 Å². The molecule has 1 aromatic heterocycles. The first-order valence-corrected chi connectivity index (χ1v) is 17.3. The third kappa shape index (κ3) is 5.74. The van der Waals surface area contributed by atoms with Crippen LogP contribution in [0.3, 0.4) is 0 Å². The number of sulfonamides is 2. The Kier molecular flexibility index (Phi) is 8.19. The number of carbonyl (C=O) groups is 1. The van der Waals surface area contributed by atoms with E-state index in [4.69, 9.17) is 4.42 Å². The molecule has 2 heterocycles. The zero-order chi connectivity index (χ0) is 29.5. The Balaban J connectivity index is 1.65. The summed E-state index contributed by atoms with van der Waals surface area (Å²) in [5.41, 5.74) is 2.02. The van der Waals surface area contributed by atoms with Crippen LogP contribution in [0.4, 0.5) is 10.1 Å². The number of hydrogen-bond acceptors (Lipinski definition) is 6. The molecule has 1 saturated carbocycles. The van der Waals surface area contributed by atoms with Crippen LogP contribution in [0.1, 0.15) is 66.8 Å². The maximum Gasteiger partial charge on any atom is 0.255 e. The van der Waals surface area contributed by atoms with Crippen LogP contribution in [-0.2, 0) is 20.0 Å². The molecule has 0 spiro atoms. The monoisotopic (exact) mass is 605 g/mol. The first-order chi connectivity index (χ1) is 19.4. The lowest BCUT2D eigenvalue weighted by Gasteiger charge is -2.36. The van der Waals surface area contributed by atoms with Gasteiger partial charge >= 0.3 is 0 Å². The minimum atomic E-state index is -3.69. The second-order valence-corrected chi connectivity index (χ2v) is 15.3. The van der Waals surface area contributed by atoms with E-state index in [0.29, 0.717) is 60.0 Å². The predicted molar refractivity (Wildman–Crippen MR) is 158 cm³/mol. The second-order valence-electron chi connectivity index (χ2n) is 11.0. The topological polar surface area (TPSA) is 117 Å². The average Bonchev–Trinajstić information content (AvgIpc) is 3.34. The van der Waals surface area contributed by atoms with E-state index in [9.17, 15) is 26.0 Å². The Labute approximate surface area is 240 Å². The average molecular weight is 606 g/mol. The molecule has 1 aliphatic heterocycles. The quantitative estimate of drug-likeness (QED) is 0.412. The molecule has 1 saturated heterocycles. The van der Waals surface area contributed by atoms with Crippen molar-refractivity contribution < 1.29 is 30.4 Å². The zero-order valence-electron chi connectivity index (χ0n) is 23.5. The Hall–Kier alpha value is -2.96. The van der Waals surface area contributed by atoms with Gasteiger partial charge in [-0.15, -0.1) is 0 Å². The van der Waals surface area contributed by atoms with Crippen LogP contribution in [-0.4, -0.2) is 65.7 Å². The van der Waals surface area contributed by atoms with Crippen molar-refractivity contribution in [3.63, 3.8) is 0 Å². The molecule has 0 bridgehead atoms. The Bertz CT molecular complexity index is 1660. The van der Waals surface area contributed by atoms with Crippen molar-refractivity contribution in [2.75, 3.05) is 37.7 Å². The van der Waals surface area contributed by atoms with Crippen molar-refractivity contribution in [2.24, 2.45) is 0 Å². The number of anilines is 1. The van der Waals surface area contributed by atoms with Crippen molar-refractivity contribution in [2.45, 2.75) is 56.1 Å². The summed E-state index contributed by atoms with van der Waals surface area (Å²) in [6.45, 7) is 0.658. The Morgan fingerprint density at radius 2 is 1.71 bits per heavy atom. The molecule has 3 aromatic rings. The number of nitrogens with zero attached hydrogens (tertiary/aromatic N) is 2. The smallest absolute Gasteiger partial charge is 0.255 e. The van der Waals surface area contributed by atoms with Gasteiger partial charge < -0.3 is 9.73 Å². The minimum absolute atomic E-state index is 0.229. The summed E-state index contributed by atoms with van der Waals surface area (Å²) in [6, 6.07) is 8.92. The first-order valence-electron chi connectivity index (χ1n) is 13.9. The number of nitrogens with one attached hydrogen (secondary N) is 1. The lowest BCUT2D eigenvalue weighted by atomic mass is 9.89. The van der Waals surface area contributed by atoms with Crippen molar-refractivity contribution in [1.29, 1.82) is 0 Å². The number of rotatable bonds is 7. The van der Waals surface area contributed by atoms with Gasteiger partial charge in [-0.1, -0.05) is 19.3 Å². The molecule has 2 fully saturated rings. The number of carbonyl (C=O) groups excluding carboxylic acids is 1. The van der Waals surface area contributed by atoms with Crippen LogP contribution < -0.4 is 9.62 Å². The third-order valence-corrected chi connectivity index (χ3v) is 11.9. The van der Waals surface area contributed by atoms with Gasteiger partial charge in [0, 0.05) is 44.2 Å². The highest BCUT2D eigenvalue weighted by Gasteiger charge is 2.37. The summed E-state index contributed by atoms with van der Waals surface area (Å²) in [6.07, 6.45) is 6.57. The lowest BCUT2D eigenvalue weighted by Crippen LogP contribution is -2.44. The Morgan fingerprint density at radius 1 is 1.02 bits per heavy atom. The number of piperidine rings is 1. The molecule has 1 aliphatic carbocycles. The predicted octanol–water partition coefficient (Wildman–Crippen LogP) is 4.84. The van der Waals surface area contributed by atoms with Gasteiger partial charge in [-0.2, -0.15) is 0 Å². The molecule has 0 unspecified atom stereocenters. The van der Waals surface area contributed by atoms with Crippen LogP contribution in [0.2, 0.25) is 0 Å². The maximum absolute atomic E-state index is 13.7. The second kappa shape index (κ2) is 11.4. The summed E-state index contributed by atoms with van der Waals surface area (Å²) >= 11 is 0. The number of amides is 1. The summed E-state index contributed by atoms with van der Waals surface area (Å²) in [5, 5.41) is 2.72. The van der Waals surface area contributed by atoms with Crippen molar-refractivity contribution in [1.82, 2.24) is 9.62 Å². The highest BCUT2D eigenvalue weighted by Crippen LogP contribution is 2.42. The summed E-state index contributed by atoms with van der Waals surface area (Å²) in [4.78, 5) is 13.1. The zero-order valence-corrected chi connectivity index (χ0v) is 25.2. The molecule has 12 heteroatoms. The third-order valence-electron chi connectivity index (χ3n) is 8.39. The van der Waals surface area contributed by atoms with E-state index in [1.807, 2.05) is 0 Å². The SMILES string of the molecule is CNC(=O)c1c(-c2ccc(F)cc2)oc2cc(N(C)S(C)(=O)=O)c([C@@H]3CCCN(S(=O)(=O)C4CCCCC4)C3)cc12. The van der Waals surface area contributed by atoms with E-state index in [1.165, 1.54) is 38.4 Å². The van der Waals surface area contributed by atoms with Crippen molar-refractivity contribution in [3.8, 4) is 11.3 Å². The molecule has 2 aromatic carbocycles. The van der Waals surface area contributed by atoms with E-state index in [0.717, 1.165) is 29.8 Å². The maximum atomic E-state index is 13.7. The van der Waals surface area contributed by atoms with Gasteiger partial charge in [0.05, 0.1) is 22.8 Å². The molecule has 0 radical (unpaired) electrons. The van der Waals surface area contributed by atoms with Crippen LogP contribution in [0.25, 0.3) is 22.3 Å². The van der Waals surface area contributed by atoms with Gasteiger partial charge in [-0.3, -0.25) is 9.10 Å². The Morgan fingerprint density at radius 3 is 2.34 bits per heavy atom. The molecular weight excluding hydrogens is 569 g/mol. The number of furan rings is 1. The number of benzene rings is 2. The van der Waals surface area contributed by atoms with E-state index >= 15 is 0 Å². The fraction of sp³-hybridized carbons (Fsp3) is 0.483. The fourth-order valence-electron chi connectivity index (χ4n) is 6.08. The number of hydrogen-bond donors (Lipinski definition) is 1. The van der Waals surface area contributed by atoms with Crippen LogP contribution in [0.5, 0.6) is 0 Å². The fourth-order valence-corrected chi connectivity index (χ4v) is 8.72. The van der Waals surface area contributed by atoms with Crippen molar-refractivity contribution >= 4 is 42.6 Å². The molecule has 1 N–H and O–H groups in total. The van der Waals surface area contributed by atoms with Crippen LogP contribution >= 0.6 is 0 Å². The molecule has 41 heavy (non-hydrogen) atoms. The number of halogens is 1. The van der Waals surface area contributed by atoms with E-state index < -0.39 is 31.8 Å². The standard InChI is InChI=1S/C29H36FN3O6S2/c1-31-29(34)27-24-16-23(20-8-7-15-33(18-20)41(37,38)22-9-5-4-6-10-22)25(32(2)40(3,35)36)17-26(24)39-28(27)19-11-13-21(30)14-12-19/h11-14,16-17,20,22H,4-10,15,18H2,1-3H3,(H,31,34)/t20-/m1/s1. The van der Waals surface area contributed by atoms with Gasteiger partial charge in [-0.25, -0.2) is 25.5 Å². The van der Waals surface area contributed by atoms with E-state index in [1.54, 1.807) is 16.4 Å². The normalized spacial score (nSPS) is 19.4. The number of fused-ring (bicyclic) bond motifs is 1. The molecule has 222 valence electrons. The molecule has 1 amide bonds. The van der Waals surface area contributed by atoms with E-state index in [-0.39, 0.29) is 29.0 Å². The molecule has 2 aliphatic rings. The highest BCUT2D eigenvalue weighted by atomic mass is 32.2. The summed E-state index contributed by atoms with van der Waals surface area (Å²) in [5.74, 6) is -0.916. The minimum Gasteiger partial charge on any atom is -0.455 e. The molecule has 9 nitrogen and oxygen atoms in total. The molecule has 5 rings (SSSR count). The van der Waals surface area contributed by atoms with Crippen LogP contribution in [0.15, 0.2) is 40.8 Å². The molecule has 1 atom stereocenters.